The minimum atomic E-state index is -0.302. The van der Waals surface area contributed by atoms with Gasteiger partial charge in [-0.25, -0.2) is 4.90 Å². The highest BCUT2D eigenvalue weighted by Crippen LogP contribution is 2.36. The van der Waals surface area contributed by atoms with Crippen LogP contribution in [0.1, 0.15) is 18.9 Å². The van der Waals surface area contributed by atoms with Crippen molar-refractivity contribution in [2.45, 2.75) is 13.3 Å². The predicted molar refractivity (Wildman–Crippen MR) is 105 cm³/mol. The van der Waals surface area contributed by atoms with Crippen LogP contribution in [0.5, 0.6) is 5.75 Å². The van der Waals surface area contributed by atoms with Gasteiger partial charge in [-0.1, -0.05) is 31.2 Å². The molecule has 0 N–H and O–H groups in total. The molecule has 0 bridgehead atoms. The Kier molecular flexibility index (Phi) is 5.60. The van der Waals surface area contributed by atoms with E-state index in [1.165, 1.54) is 4.90 Å². The first-order chi connectivity index (χ1) is 12.1. The molecule has 0 aromatic heterocycles. The molecule has 1 fully saturated rings. The Morgan fingerprint density at radius 2 is 1.92 bits per heavy atom. The van der Waals surface area contributed by atoms with E-state index in [4.69, 9.17) is 4.74 Å². The van der Waals surface area contributed by atoms with Crippen LogP contribution in [0.25, 0.3) is 6.08 Å². The van der Waals surface area contributed by atoms with Gasteiger partial charge >= 0.3 is 0 Å². The molecule has 0 spiro atoms. The molecule has 3 rings (SSSR count). The minimum Gasteiger partial charge on any atom is -0.492 e. The number of anilines is 1. The highest BCUT2D eigenvalue weighted by atomic mass is 79.9. The van der Waals surface area contributed by atoms with Crippen LogP contribution in [0, 0.1) is 0 Å². The molecule has 1 aliphatic rings. The van der Waals surface area contributed by atoms with Crippen LogP contribution in [0.3, 0.4) is 0 Å². The van der Waals surface area contributed by atoms with Crippen LogP contribution in [-0.4, -0.2) is 17.8 Å². The summed E-state index contributed by atoms with van der Waals surface area (Å²) in [5.41, 5.74) is 1.41. The van der Waals surface area contributed by atoms with E-state index in [-0.39, 0.29) is 11.1 Å². The molecular weight excluding hydrogens is 402 g/mol. The van der Waals surface area contributed by atoms with Gasteiger partial charge in [-0.3, -0.25) is 9.59 Å². The number of halogens is 1. The normalized spacial score (nSPS) is 15.9. The van der Waals surface area contributed by atoms with E-state index in [9.17, 15) is 9.59 Å². The van der Waals surface area contributed by atoms with Gasteiger partial charge in [0.25, 0.3) is 11.1 Å². The third-order valence-electron chi connectivity index (χ3n) is 3.52. The number of nitrogens with zero attached hydrogens (tertiary/aromatic N) is 1. The molecule has 0 radical (unpaired) electrons. The molecule has 1 saturated heterocycles. The fourth-order valence-electron chi connectivity index (χ4n) is 2.35. The maximum atomic E-state index is 12.6. The molecule has 2 aromatic rings. The Bertz CT molecular complexity index is 836. The Balaban J connectivity index is 1.84. The minimum absolute atomic E-state index is 0.288. The highest BCUT2D eigenvalue weighted by Gasteiger charge is 2.36. The number of thioether (sulfide) groups is 1. The summed E-state index contributed by atoms with van der Waals surface area (Å²) in [5.74, 6) is 0.458. The molecule has 25 heavy (non-hydrogen) atoms. The van der Waals surface area contributed by atoms with Gasteiger partial charge in [0.05, 0.1) is 21.7 Å². The molecule has 2 amide bonds. The third-order valence-corrected chi connectivity index (χ3v) is 5.01. The molecule has 2 aromatic carbocycles. The van der Waals surface area contributed by atoms with Gasteiger partial charge in [0.1, 0.15) is 5.75 Å². The first-order valence-electron chi connectivity index (χ1n) is 7.85. The lowest BCUT2D eigenvalue weighted by atomic mass is 10.2. The highest BCUT2D eigenvalue weighted by molar-refractivity contribution is 9.10. The fraction of sp³-hybridized carbons (Fsp3) is 0.158. The quantitative estimate of drug-likeness (QED) is 0.604. The predicted octanol–water partition coefficient (Wildman–Crippen LogP) is 5.48. The van der Waals surface area contributed by atoms with Gasteiger partial charge in [-0.2, -0.15) is 0 Å². The lowest BCUT2D eigenvalue weighted by Gasteiger charge is -2.11. The lowest BCUT2D eigenvalue weighted by molar-refractivity contribution is -0.113. The zero-order valence-electron chi connectivity index (χ0n) is 13.6. The number of carbonyl (C=O) groups is 2. The summed E-state index contributed by atoms with van der Waals surface area (Å²) in [6, 6.07) is 14.5. The number of amides is 2. The van der Waals surface area contributed by atoms with E-state index in [2.05, 4.69) is 15.9 Å². The van der Waals surface area contributed by atoms with Crippen LogP contribution in [0.4, 0.5) is 10.5 Å². The Hall–Kier alpha value is -2.05. The van der Waals surface area contributed by atoms with Crippen molar-refractivity contribution < 1.29 is 14.3 Å². The van der Waals surface area contributed by atoms with Crippen LogP contribution in [0.15, 0.2) is 57.9 Å². The van der Waals surface area contributed by atoms with Gasteiger partial charge in [0.2, 0.25) is 0 Å². The fourth-order valence-corrected chi connectivity index (χ4v) is 3.71. The number of imide groups is 1. The number of benzene rings is 2. The second-order valence-electron chi connectivity index (χ2n) is 5.39. The van der Waals surface area contributed by atoms with Crippen molar-refractivity contribution in [3.05, 3.63) is 63.5 Å². The second kappa shape index (κ2) is 7.89. The summed E-state index contributed by atoms with van der Waals surface area (Å²) in [4.78, 5) is 26.4. The number of para-hydroxylation sites is 1. The summed E-state index contributed by atoms with van der Waals surface area (Å²) in [5, 5.41) is -0.288. The first kappa shape index (κ1) is 17.8. The maximum Gasteiger partial charge on any atom is 0.298 e. The summed E-state index contributed by atoms with van der Waals surface area (Å²) < 4.78 is 6.44. The molecule has 0 aliphatic carbocycles. The summed E-state index contributed by atoms with van der Waals surface area (Å²) in [6.07, 6.45) is 2.66. The largest absolute Gasteiger partial charge is 0.492 e. The molecule has 0 saturated carbocycles. The van der Waals surface area contributed by atoms with Gasteiger partial charge in [0, 0.05) is 0 Å². The molecule has 1 heterocycles. The van der Waals surface area contributed by atoms with E-state index in [0.29, 0.717) is 17.2 Å². The average Bonchev–Trinajstić information content (AvgIpc) is 2.88. The number of hydrogen-bond acceptors (Lipinski definition) is 4. The Morgan fingerprint density at radius 1 is 1.16 bits per heavy atom. The van der Waals surface area contributed by atoms with Gasteiger partial charge in [-0.15, -0.1) is 0 Å². The first-order valence-corrected chi connectivity index (χ1v) is 9.46. The number of ether oxygens (including phenoxy) is 1. The summed E-state index contributed by atoms with van der Waals surface area (Å²) in [7, 11) is 0. The van der Waals surface area contributed by atoms with Crippen LogP contribution >= 0.6 is 27.7 Å². The molecule has 128 valence electrons. The van der Waals surface area contributed by atoms with Crippen molar-refractivity contribution >= 4 is 50.6 Å². The van der Waals surface area contributed by atoms with Crippen molar-refractivity contribution in [2.75, 3.05) is 11.5 Å². The molecule has 6 heteroatoms. The zero-order valence-corrected chi connectivity index (χ0v) is 16.0. The standard InChI is InChI=1S/C19H16BrNO3S/c1-2-10-24-16-9-8-13(11-15(16)20)12-17-18(22)21(19(23)25-17)14-6-4-3-5-7-14/h3-9,11-12H,2,10H2,1H3/b17-12+. The van der Waals surface area contributed by atoms with Crippen molar-refractivity contribution in [2.24, 2.45) is 0 Å². The van der Waals surface area contributed by atoms with E-state index in [0.717, 1.165) is 34.0 Å². The Morgan fingerprint density at radius 3 is 2.60 bits per heavy atom. The lowest BCUT2D eigenvalue weighted by Crippen LogP contribution is -2.27. The smallest absolute Gasteiger partial charge is 0.298 e. The van der Waals surface area contributed by atoms with E-state index >= 15 is 0 Å². The molecule has 0 unspecified atom stereocenters. The summed E-state index contributed by atoms with van der Waals surface area (Å²) >= 11 is 4.43. The SMILES string of the molecule is CCCOc1ccc(/C=C2/SC(=O)N(c3ccccc3)C2=O)cc1Br. The van der Waals surface area contributed by atoms with Crippen LogP contribution in [-0.2, 0) is 4.79 Å². The number of carbonyl (C=O) groups excluding carboxylic acids is 2. The van der Waals surface area contributed by atoms with Gasteiger partial charge in [-0.05, 0) is 70.0 Å². The number of hydrogen-bond donors (Lipinski definition) is 0. The monoisotopic (exact) mass is 417 g/mol. The van der Waals surface area contributed by atoms with Crippen LogP contribution in [0.2, 0.25) is 0 Å². The van der Waals surface area contributed by atoms with Crippen molar-refractivity contribution in [3.8, 4) is 5.75 Å². The molecule has 0 atom stereocenters. The van der Waals surface area contributed by atoms with E-state index in [1.807, 2.05) is 31.2 Å². The Labute approximate surface area is 159 Å². The van der Waals surface area contributed by atoms with Crippen molar-refractivity contribution in [1.29, 1.82) is 0 Å². The maximum absolute atomic E-state index is 12.6. The molecule has 4 nitrogen and oxygen atoms in total. The third kappa shape index (κ3) is 3.96. The van der Waals surface area contributed by atoms with E-state index in [1.54, 1.807) is 30.3 Å². The topological polar surface area (TPSA) is 46.6 Å². The molecule has 1 aliphatic heterocycles. The average molecular weight is 418 g/mol. The number of rotatable bonds is 5. The zero-order chi connectivity index (χ0) is 17.8. The van der Waals surface area contributed by atoms with E-state index < -0.39 is 0 Å². The van der Waals surface area contributed by atoms with Gasteiger partial charge < -0.3 is 4.74 Å². The van der Waals surface area contributed by atoms with Crippen molar-refractivity contribution in [3.63, 3.8) is 0 Å². The summed E-state index contributed by atoms with van der Waals surface area (Å²) in [6.45, 7) is 2.69. The van der Waals surface area contributed by atoms with Crippen LogP contribution < -0.4 is 9.64 Å². The van der Waals surface area contributed by atoms with Gasteiger partial charge in [0.15, 0.2) is 0 Å². The van der Waals surface area contributed by atoms with Crippen molar-refractivity contribution in [1.82, 2.24) is 0 Å². The second-order valence-corrected chi connectivity index (χ2v) is 7.24. The molecular formula is C19H16BrNO3S.